The molecule has 0 atom stereocenters. The minimum atomic E-state index is -2.89. The van der Waals surface area contributed by atoms with Crippen LogP contribution >= 0.6 is 11.8 Å². The van der Waals surface area contributed by atoms with Gasteiger partial charge in [0.15, 0.2) is 6.61 Å². The second-order valence-corrected chi connectivity index (χ2v) is 6.83. The van der Waals surface area contributed by atoms with E-state index in [2.05, 4.69) is 4.74 Å². The zero-order valence-electron chi connectivity index (χ0n) is 14.7. The number of hydrogen-bond acceptors (Lipinski definition) is 6. The molecule has 148 valence electrons. The molecule has 0 unspecified atom stereocenters. The Morgan fingerprint density at radius 3 is 2.59 bits per heavy atom. The molecule has 27 heavy (non-hydrogen) atoms. The summed E-state index contributed by atoms with van der Waals surface area (Å²) in [6.07, 6.45) is 0.0366. The van der Waals surface area contributed by atoms with Crippen molar-refractivity contribution < 1.29 is 32.6 Å². The fourth-order valence-corrected chi connectivity index (χ4v) is 3.17. The van der Waals surface area contributed by atoms with Crippen molar-refractivity contribution in [1.82, 2.24) is 9.80 Å². The maximum atomic E-state index is 12.1. The average Bonchev–Trinajstić information content (AvgIpc) is 3.04. The van der Waals surface area contributed by atoms with Gasteiger partial charge in [0.2, 0.25) is 0 Å². The second kappa shape index (κ2) is 10.1. The summed E-state index contributed by atoms with van der Waals surface area (Å²) in [5.41, 5.74) is 0.712. The lowest BCUT2D eigenvalue weighted by Crippen LogP contribution is -2.32. The van der Waals surface area contributed by atoms with Crippen molar-refractivity contribution in [3.8, 4) is 5.75 Å². The van der Waals surface area contributed by atoms with E-state index in [0.29, 0.717) is 17.9 Å². The highest BCUT2D eigenvalue weighted by Gasteiger charge is 2.22. The van der Waals surface area contributed by atoms with Crippen LogP contribution in [0.3, 0.4) is 0 Å². The highest BCUT2D eigenvalue weighted by atomic mass is 32.2. The van der Waals surface area contributed by atoms with Crippen molar-refractivity contribution >= 4 is 28.9 Å². The summed E-state index contributed by atoms with van der Waals surface area (Å²) in [4.78, 5) is 38.1. The van der Waals surface area contributed by atoms with Gasteiger partial charge in [-0.2, -0.15) is 8.78 Å². The van der Waals surface area contributed by atoms with Crippen LogP contribution in [0.5, 0.6) is 5.75 Å². The molecule has 0 N–H and O–H groups in total. The van der Waals surface area contributed by atoms with E-state index in [1.807, 2.05) is 0 Å². The van der Waals surface area contributed by atoms with Gasteiger partial charge in [0.1, 0.15) is 5.75 Å². The molecule has 1 heterocycles. The van der Waals surface area contributed by atoms with Crippen LogP contribution in [-0.2, 0) is 20.9 Å². The Kier molecular flexibility index (Phi) is 7.83. The Hall–Kier alpha value is -2.36. The molecule has 1 aliphatic rings. The molecular weight excluding hydrogens is 382 g/mol. The average molecular weight is 402 g/mol. The standard InChI is InChI=1S/C17H20F2N2O5S/c1-20(10-12-2-4-13(5-3-12)26-16(18)19)14(22)11-25-15(23)6-7-21-8-9-27-17(21)24/h2-5,16H,6-11H2,1H3. The number of halogens is 2. The first-order valence-electron chi connectivity index (χ1n) is 8.20. The number of ether oxygens (including phenoxy) is 2. The first kappa shape index (κ1) is 20.9. The zero-order valence-corrected chi connectivity index (χ0v) is 15.5. The normalized spacial score (nSPS) is 13.8. The summed E-state index contributed by atoms with van der Waals surface area (Å²) in [6.45, 7) is -2.17. The van der Waals surface area contributed by atoms with Crippen LogP contribution < -0.4 is 4.74 Å². The van der Waals surface area contributed by atoms with Gasteiger partial charge in [-0.05, 0) is 17.7 Å². The number of amides is 2. The zero-order chi connectivity index (χ0) is 19.8. The molecule has 1 aromatic rings. The number of esters is 1. The Balaban J connectivity index is 1.70. The number of thioether (sulfide) groups is 1. The van der Waals surface area contributed by atoms with Crippen LogP contribution in [-0.4, -0.2) is 66.0 Å². The first-order valence-corrected chi connectivity index (χ1v) is 9.18. The maximum absolute atomic E-state index is 12.1. The molecular formula is C17H20F2N2O5S. The van der Waals surface area contributed by atoms with Gasteiger partial charge in [0, 0.05) is 32.4 Å². The second-order valence-electron chi connectivity index (χ2n) is 5.78. The van der Waals surface area contributed by atoms with E-state index in [-0.39, 0.29) is 30.5 Å². The fourth-order valence-electron chi connectivity index (χ4n) is 2.32. The van der Waals surface area contributed by atoms with Gasteiger partial charge in [0.05, 0.1) is 6.42 Å². The summed E-state index contributed by atoms with van der Waals surface area (Å²) in [5.74, 6) is -0.197. The predicted octanol–water partition coefficient (Wildman–Crippen LogP) is 2.35. The molecule has 0 saturated carbocycles. The molecule has 1 aliphatic heterocycles. The predicted molar refractivity (Wildman–Crippen MR) is 94.6 cm³/mol. The fraction of sp³-hybridized carbons (Fsp3) is 0.471. The maximum Gasteiger partial charge on any atom is 0.387 e. The summed E-state index contributed by atoms with van der Waals surface area (Å²) in [7, 11) is 1.54. The molecule has 2 rings (SSSR count). The minimum Gasteiger partial charge on any atom is -0.456 e. The molecule has 0 bridgehead atoms. The van der Waals surface area contributed by atoms with Gasteiger partial charge in [-0.1, -0.05) is 23.9 Å². The van der Waals surface area contributed by atoms with Gasteiger partial charge in [-0.15, -0.1) is 0 Å². The number of carbonyl (C=O) groups excluding carboxylic acids is 3. The molecule has 0 aliphatic carbocycles. The highest BCUT2D eigenvalue weighted by molar-refractivity contribution is 8.13. The Morgan fingerprint density at radius 1 is 1.30 bits per heavy atom. The van der Waals surface area contributed by atoms with Crippen molar-refractivity contribution in [2.45, 2.75) is 19.6 Å². The minimum absolute atomic E-state index is 0.0338. The molecule has 0 aromatic heterocycles. The monoisotopic (exact) mass is 402 g/mol. The molecule has 7 nitrogen and oxygen atoms in total. The first-order chi connectivity index (χ1) is 12.8. The smallest absolute Gasteiger partial charge is 0.387 e. The van der Waals surface area contributed by atoms with Crippen LogP contribution in [0.1, 0.15) is 12.0 Å². The Morgan fingerprint density at radius 2 is 2.00 bits per heavy atom. The molecule has 1 saturated heterocycles. The van der Waals surface area contributed by atoms with Gasteiger partial charge in [0.25, 0.3) is 11.1 Å². The third kappa shape index (κ3) is 7.05. The van der Waals surface area contributed by atoms with Crippen LogP contribution in [0.15, 0.2) is 24.3 Å². The van der Waals surface area contributed by atoms with E-state index in [0.717, 1.165) is 0 Å². The summed E-state index contributed by atoms with van der Waals surface area (Å²) < 4.78 is 33.4. The number of carbonyl (C=O) groups is 3. The molecule has 1 fully saturated rings. The quantitative estimate of drug-likeness (QED) is 0.590. The number of likely N-dealkylation sites (N-methyl/N-ethyl adjacent to an activating group) is 1. The van der Waals surface area contributed by atoms with E-state index in [4.69, 9.17) is 4.74 Å². The molecule has 0 radical (unpaired) electrons. The van der Waals surface area contributed by atoms with Crippen LogP contribution in [0.2, 0.25) is 0 Å². The number of alkyl halides is 2. The van der Waals surface area contributed by atoms with Crippen LogP contribution in [0.4, 0.5) is 13.6 Å². The molecule has 10 heteroatoms. The lowest BCUT2D eigenvalue weighted by Gasteiger charge is -2.18. The van der Waals surface area contributed by atoms with Gasteiger partial charge in [-0.3, -0.25) is 14.4 Å². The van der Waals surface area contributed by atoms with Crippen molar-refractivity contribution in [3.63, 3.8) is 0 Å². The van der Waals surface area contributed by atoms with Crippen molar-refractivity contribution in [1.29, 1.82) is 0 Å². The molecule has 0 spiro atoms. The lowest BCUT2D eigenvalue weighted by molar-refractivity contribution is -0.151. The van der Waals surface area contributed by atoms with E-state index >= 15 is 0 Å². The highest BCUT2D eigenvalue weighted by Crippen LogP contribution is 2.17. The van der Waals surface area contributed by atoms with E-state index in [1.54, 1.807) is 24.1 Å². The SMILES string of the molecule is CN(Cc1ccc(OC(F)F)cc1)C(=O)COC(=O)CCN1CCSC1=O. The lowest BCUT2D eigenvalue weighted by atomic mass is 10.2. The van der Waals surface area contributed by atoms with Crippen LogP contribution in [0, 0.1) is 0 Å². The van der Waals surface area contributed by atoms with Gasteiger partial charge in [-0.25, -0.2) is 0 Å². The summed E-state index contributed by atoms with van der Waals surface area (Å²) >= 11 is 1.21. The number of nitrogens with zero attached hydrogens (tertiary/aromatic N) is 2. The summed E-state index contributed by atoms with van der Waals surface area (Å²) in [6, 6.07) is 5.91. The number of benzene rings is 1. The molecule has 1 aromatic carbocycles. The Labute approximate surface area is 159 Å². The van der Waals surface area contributed by atoms with Crippen molar-refractivity contribution in [2.24, 2.45) is 0 Å². The number of hydrogen-bond donors (Lipinski definition) is 0. The number of rotatable bonds is 9. The Bertz CT molecular complexity index is 672. The van der Waals surface area contributed by atoms with Gasteiger partial charge < -0.3 is 19.3 Å². The molecule has 2 amide bonds. The van der Waals surface area contributed by atoms with Crippen molar-refractivity contribution in [3.05, 3.63) is 29.8 Å². The third-order valence-electron chi connectivity index (χ3n) is 3.78. The van der Waals surface area contributed by atoms with Crippen LogP contribution in [0.25, 0.3) is 0 Å². The van der Waals surface area contributed by atoms with E-state index in [9.17, 15) is 23.2 Å². The van der Waals surface area contributed by atoms with E-state index in [1.165, 1.54) is 28.8 Å². The van der Waals surface area contributed by atoms with E-state index < -0.39 is 25.1 Å². The third-order valence-corrected chi connectivity index (χ3v) is 4.67. The van der Waals surface area contributed by atoms with Crippen molar-refractivity contribution in [2.75, 3.05) is 32.5 Å². The topological polar surface area (TPSA) is 76.2 Å². The summed E-state index contributed by atoms with van der Waals surface area (Å²) in [5, 5.41) is -0.0522. The van der Waals surface area contributed by atoms with Gasteiger partial charge >= 0.3 is 12.6 Å². The largest absolute Gasteiger partial charge is 0.456 e.